The SMILES string of the molecule is Cc1nc2c(F)cc(-c3nc(Nc4ccc(CN5CCN(C(=O)C6CCN(c7ccc(NC8CCC(=O)NC8=O)cc7)CC6)CC5)cn4)ncc3F)cc2n1C(C)C. The summed E-state index contributed by atoms with van der Waals surface area (Å²) < 4.78 is 32.1. The molecule has 3 aromatic heterocycles. The minimum absolute atomic E-state index is 0.00495. The third-order valence-electron chi connectivity index (χ3n) is 11.3. The Morgan fingerprint density at radius 2 is 1.66 bits per heavy atom. The van der Waals surface area contributed by atoms with E-state index < -0.39 is 17.7 Å². The molecule has 3 fully saturated rings. The van der Waals surface area contributed by atoms with Crippen LogP contribution in [0, 0.1) is 24.5 Å². The van der Waals surface area contributed by atoms with E-state index in [-0.39, 0.29) is 52.4 Å². The fourth-order valence-corrected chi connectivity index (χ4v) is 8.22. The third-order valence-corrected chi connectivity index (χ3v) is 11.3. The summed E-state index contributed by atoms with van der Waals surface area (Å²) in [6.07, 6.45) is 5.24. The van der Waals surface area contributed by atoms with Crippen molar-refractivity contribution in [1.29, 1.82) is 0 Å². The largest absolute Gasteiger partial charge is 0.374 e. The number of nitrogens with one attached hydrogen (secondary N) is 3. The lowest BCUT2D eigenvalue weighted by atomic mass is 9.94. The summed E-state index contributed by atoms with van der Waals surface area (Å²) in [6, 6.07) is 14.3. The number of hydrogen-bond donors (Lipinski definition) is 3. The van der Waals surface area contributed by atoms with Crippen LogP contribution in [0.15, 0.2) is 60.9 Å². The van der Waals surface area contributed by atoms with Crippen LogP contribution in [0.1, 0.15) is 57.0 Å². The first-order chi connectivity index (χ1) is 28.0. The second-order valence-electron chi connectivity index (χ2n) is 15.6. The molecule has 0 bridgehead atoms. The average molecular weight is 792 g/mol. The van der Waals surface area contributed by atoms with E-state index in [0.717, 1.165) is 62.2 Å². The Labute approximate surface area is 335 Å². The van der Waals surface area contributed by atoms with Crippen molar-refractivity contribution < 1.29 is 23.2 Å². The maximum atomic E-state index is 15.1. The van der Waals surface area contributed by atoms with Gasteiger partial charge in [-0.1, -0.05) is 6.07 Å². The monoisotopic (exact) mass is 791 g/mol. The third kappa shape index (κ3) is 8.33. The first kappa shape index (κ1) is 38.8. The molecule has 14 nitrogen and oxygen atoms in total. The summed E-state index contributed by atoms with van der Waals surface area (Å²) in [5.74, 6) is -0.220. The number of pyridine rings is 1. The van der Waals surface area contributed by atoms with Gasteiger partial charge in [-0.05, 0) is 88.1 Å². The van der Waals surface area contributed by atoms with Gasteiger partial charge in [0.05, 0.1) is 11.7 Å². The number of piperidine rings is 2. The molecule has 0 radical (unpaired) electrons. The van der Waals surface area contributed by atoms with E-state index in [1.807, 2.05) is 66.6 Å². The van der Waals surface area contributed by atoms with E-state index in [9.17, 15) is 14.4 Å². The fraction of sp³-hybridized carbons (Fsp3) is 0.405. The van der Waals surface area contributed by atoms with E-state index in [2.05, 4.69) is 45.7 Å². The molecule has 1 unspecified atom stereocenters. The van der Waals surface area contributed by atoms with Crippen molar-refractivity contribution >= 4 is 51.9 Å². The molecule has 16 heteroatoms. The molecular weight excluding hydrogens is 745 g/mol. The van der Waals surface area contributed by atoms with Crippen molar-refractivity contribution in [2.75, 3.05) is 54.8 Å². The summed E-state index contributed by atoms with van der Waals surface area (Å²) in [5, 5.41) is 8.63. The van der Waals surface area contributed by atoms with Crippen LogP contribution in [0.5, 0.6) is 0 Å². The quantitative estimate of drug-likeness (QED) is 0.152. The number of benzene rings is 2. The van der Waals surface area contributed by atoms with Crippen LogP contribution in [-0.2, 0) is 20.9 Å². The number of anilines is 4. The lowest BCUT2D eigenvalue weighted by molar-refractivity contribution is -0.138. The number of nitrogens with zero attached hydrogens (tertiary/aromatic N) is 8. The van der Waals surface area contributed by atoms with Gasteiger partial charge in [-0.3, -0.25) is 24.6 Å². The van der Waals surface area contributed by atoms with E-state index in [1.165, 1.54) is 6.07 Å². The number of halogens is 2. The highest BCUT2D eigenvalue weighted by atomic mass is 19.1. The van der Waals surface area contributed by atoms with Crippen molar-refractivity contribution in [3.8, 4) is 11.3 Å². The Morgan fingerprint density at radius 1 is 0.897 bits per heavy atom. The van der Waals surface area contributed by atoms with Gasteiger partial charge in [0.15, 0.2) is 11.6 Å². The molecule has 3 aliphatic heterocycles. The van der Waals surface area contributed by atoms with Crippen molar-refractivity contribution in [2.45, 2.75) is 65.1 Å². The molecule has 3 amide bonds. The minimum atomic E-state index is -0.672. The molecule has 0 spiro atoms. The molecule has 8 rings (SSSR count). The number of aryl methyl sites for hydroxylation is 1. The highest BCUT2D eigenvalue weighted by Gasteiger charge is 2.31. The van der Waals surface area contributed by atoms with Gasteiger partial charge >= 0.3 is 0 Å². The van der Waals surface area contributed by atoms with Gasteiger partial charge in [0, 0.05) is 87.3 Å². The second kappa shape index (κ2) is 16.4. The maximum absolute atomic E-state index is 15.1. The zero-order chi connectivity index (χ0) is 40.5. The van der Waals surface area contributed by atoms with Gasteiger partial charge in [-0.25, -0.2) is 28.7 Å². The van der Waals surface area contributed by atoms with Gasteiger partial charge < -0.3 is 25.0 Å². The molecule has 5 aromatic rings. The van der Waals surface area contributed by atoms with Gasteiger partial charge in [0.1, 0.15) is 28.9 Å². The molecule has 3 aliphatic rings. The lowest BCUT2D eigenvalue weighted by Crippen LogP contribution is -2.51. The number of carbonyl (C=O) groups excluding carboxylic acids is 3. The molecule has 2 aromatic carbocycles. The Morgan fingerprint density at radius 3 is 2.34 bits per heavy atom. The molecule has 6 heterocycles. The van der Waals surface area contributed by atoms with Crippen LogP contribution in [0.2, 0.25) is 0 Å². The standard InChI is InChI=1S/C42H47F2N11O3/c1-25(2)55-26(3)47-39-32(43)20-29(21-35(39)55)38-33(44)23-46-42(51-38)49-36-10-4-27(22-45-36)24-52-16-18-54(19-17-52)41(58)28-12-14-53(15-13-28)31-7-5-30(6-8-31)48-34-9-11-37(56)50-40(34)57/h4-8,10,20-23,25,28,34,48H,9,11-19,24H2,1-3H3,(H,50,56,57)(H,45,46,49,51). The molecule has 0 aliphatic carbocycles. The zero-order valence-corrected chi connectivity index (χ0v) is 32.8. The average Bonchev–Trinajstić information content (AvgIpc) is 3.57. The zero-order valence-electron chi connectivity index (χ0n) is 32.8. The Hall–Kier alpha value is -6.03. The molecule has 1 atom stereocenters. The summed E-state index contributed by atoms with van der Waals surface area (Å²) in [4.78, 5) is 61.0. The van der Waals surface area contributed by atoms with Crippen LogP contribution in [0.4, 0.5) is 31.9 Å². The van der Waals surface area contributed by atoms with E-state index in [0.29, 0.717) is 49.6 Å². The first-order valence-corrected chi connectivity index (χ1v) is 19.9. The van der Waals surface area contributed by atoms with E-state index >= 15 is 8.78 Å². The van der Waals surface area contributed by atoms with Crippen molar-refractivity contribution in [2.24, 2.45) is 5.92 Å². The number of imide groups is 1. The van der Waals surface area contributed by atoms with Gasteiger partial charge in [0.2, 0.25) is 23.7 Å². The van der Waals surface area contributed by atoms with Crippen LogP contribution in [0.25, 0.3) is 22.3 Å². The first-order valence-electron chi connectivity index (χ1n) is 19.9. The summed E-state index contributed by atoms with van der Waals surface area (Å²) in [7, 11) is 0. The van der Waals surface area contributed by atoms with Crippen LogP contribution in [-0.4, -0.2) is 97.3 Å². The number of aromatic nitrogens is 5. The molecule has 302 valence electrons. The number of carbonyl (C=O) groups is 3. The van der Waals surface area contributed by atoms with E-state index in [4.69, 9.17) is 0 Å². The summed E-state index contributed by atoms with van der Waals surface area (Å²) >= 11 is 0. The smallest absolute Gasteiger partial charge is 0.249 e. The Kier molecular flexibility index (Phi) is 11.0. The topological polar surface area (TPSA) is 154 Å². The minimum Gasteiger partial charge on any atom is -0.374 e. The highest BCUT2D eigenvalue weighted by Crippen LogP contribution is 2.31. The van der Waals surface area contributed by atoms with Crippen molar-refractivity contribution in [1.82, 2.24) is 39.6 Å². The predicted octanol–water partition coefficient (Wildman–Crippen LogP) is 5.58. The van der Waals surface area contributed by atoms with Crippen LogP contribution < -0.4 is 20.9 Å². The number of amides is 3. The normalized spacial score (nSPS) is 18.2. The van der Waals surface area contributed by atoms with Gasteiger partial charge in [0.25, 0.3) is 0 Å². The molecular formula is C42H47F2N11O3. The number of imidazole rings is 1. The van der Waals surface area contributed by atoms with Crippen molar-refractivity contribution in [3.63, 3.8) is 0 Å². The van der Waals surface area contributed by atoms with Gasteiger partial charge in [-0.15, -0.1) is 0 Å². The lowest BCUT2D eigenvalue weighted by Gasteiger charge is -2.39. The number of piperazine rings is 1. The molecule has 3 N–H and O–H groups in total. The molecule has 0 saturated carbocycles. The second-order valence-corrected chi connectivity index (χ2v) is 15.6. The highest BCUT2D eigenvalue weighted by molar-refractivity contribution is 6.01. The predicted molar refractivity (Wildman–Crippen MR) is 216 cm³/mol. The van der Waals surface area contributed by atoms with E-state index in [1.54, 1.807) is 12.3 Å². The molecule has 3 saturated heterocycles. The Balaban J connectivity index is 0.801. The Bertz CT molecular complexity index is 2320. The maximum Gasteiger partial charge on any atom is 0.249 e. The van der Waals surface area contributed by atoms with Crippen LogP contribution in [0.3, 0.4) is 0 Å². The van der Waals surface area contributed by atoms with Crippen LogP contribution >= 0.6 is 0 Å². The molecule has 58 heavy (non-hydrogen) atoms. The fourth-order valence-electron chi connectivity index (χ4n) is 8.22. The number of rotatable bonds is 10. The van der Waals surface area contributed by atoms with Crippen molar-refractivity contribution in [3.05, 3.63) is 83.9 Å². The van der Waals surface area contributed by atoms with Gasteiger partial charge in [-0.2, -0.15) is 0 Å². The number of fused-ring (bicyclic) bond motifs is 1. The summed E-state index contributed by atoms with van der Waals surface area (Å²) in [5.41, 5.74) is 3.98. The number of hydrogen-bond acceptors (Lipinski definition) is 11. The summed E-state index contributed by atoms with van der Waals surface area (Å²) in [6.45, 7) is 10.9.